The maximum atomic E-state index is 11.1. The molecule has 1 amide bonds. The van der Waals surface area contributed by atoms with E-state index < -0.39 is 0 Å². The maximum absolute atomic E-state index is 11.1. The van der Waals surface area contributed by atoms with E-state index in [1.165, 1.54) is 12.8 Å². The Morgan fingerprint density at radius 1 is 1.42 bits per heavy atom. The van der Waals surface area contributed by atoms with Gasteiger partial charge in [-0.2, -0.15) is 0 Å². The number of hydrogen-bond donors (Lipinski definition) is 1. The molecule has 3 heteroatoms. The van der Waals surface area contributed by atoms with E-state index in [9.17, 15) is 4.79 Å². The number of alkyl halides is 1. The van der Waals surface area contributed by atoms with Gasteiger partial charge in [-0.25, -0.2) is 0 Å². The summed E-state index contributed by atoms with van der Waals surface area (Å²) in [4.78, 5) is 11.1. The molecule has 0 aromatic rings. The Kier molecular flexibility index (Phi) is 7.26. The highest BCUT2D eigenvalue weighted by atomic mass is 35.5. The fraction of sp³-hybridized carbons (Fsp3) is 0.889. The van der Waals surface area contributed by atoms with E-state index in [1.54, 1.807) is 0 Å². The molecule has 0 aromatic carbocycles. The smallest absolute Gasteiger partial charge is 0.238 e. The molecule has 12 heavy (non-hydrogen) atoms. The van der Waals surface area contributed by atoms with E-state index in [0.717, 1.165) is 13.0 Å². The quantitative estimate of drug-likeness (QED) is 0.507. The van der Waals surface area contributed by atoms with Gasteiger partial charge in [-0.3, -0.25) is 4.79 Å². The van der Waals surface area contributed by atoms with Crippen LogP contribution < -0.4 is 5.32 Å². The molecule has 72 valence electrons. The molecule has 1 atom stereocenters. The van der Waals surface area contributed by atoms with E-state index in [1.807, 2.05) is 6.92 Å². The van der Waals surface area contributed by atoms with Crippen molar-refractivity contribution in [2.45, 2.75) is 44.9 Å². The number of carbonyl (C=O) groups is 1. The minimum Gasteiger partial charge on any atom is -0.355 e. The van der Waals surface area contributed by atoms with Gasteiger partial charge in [-0.05, 0) is 12.8 Å². The van der Waals surface area contributed by atoms with E-state index >= 15 is 0 Å². The zero-order chi connectivity index (χ0) is 9.40. The average molecular weight is 192 g/mol. The topological polar surface area (TPSA) is 29.1 Å². The van der Waals surface area contributed by atoms with Gasteiger partial charge >= 0.3 is 0 Å². The molecule has 0 aliphatic carbocycles. The first-order valence-corrected chi connectivity index (χ1v) is 5.07. The summed E-state index contributed by atoms with van der Waals surface area (Å²) in [6, 6.07) is 0. The molecule has 0 saturated heterocycles. The van der Waals surface area contributed by atoms with Crippen molar-refractivity contribution in [2.75, 3.05) is 6.54 Å². The van der Waals surface area contributed by atoms with Crippen LogP contribution in [0.2, 0.25) is 0 Å². The molecule has 0 heterocycles. The lowest BCUT2D eigenvalue weighted by molar-refractivity contribution is -0.120. The molecular formula is C9H18ClNO. The highest BCUT2D eigenvalue weighted by Crippen LogP contribution is 2.00. The fourth-order valence-electron chi connectivity index (χ4n) is 0.883. The Morgan fingerprint density at radius 2 is 2.08 bits per heavy atom. The van der Waals surface area contributed by atoms with Crippen LogP contribution in [0.5, 0.6) is 0 Å². The van der Waals surface area contributed by atoms with Crippen molar-refractivity contribution in [2.24, 2.45) is 0 Å². The minimum atomic E-state index is -0.355. The summed E-state index contributed by atoms with van der Waals surface area (Å²) in [5.74, 6) is -0.0322. The summed E-state index contributed by atoms with van der Waals surface area (Å²) in [5, 5.41) is 2.44. The fourth-order valence-corrected chi connectivity index (χ4v) is 0.960. The first-order chi connectivity index (χ1) is 5.72. The number of hydrogen-bond acceptors (Lipinski definition) is 1. The van der Waals surface area contributed by atoms with Crippen LogP contribution in [0.3, 0.4) is 0 Å². The molecule has 0 aliphatic rings. The molecular weight excluding hydrogens is 174 g/mol. The van der Waals surface area contributed by atoms with Crippen molar-refractivity contribution in [3.63, 3.8) is 0 Å². The normalized spacial score (nSPS) is 12.6. The molecule has 0 radical (unpaired) electrons. The lowest BCUT2D eigenvalue weighted by atomic mass is 10.2. The zero-order valence-electron chi connectivity index (χ0n) is 7.90. The van der Waals surface area contributed by atoms with Gasteiger partial charge in [-0.1, -0.05) is 26.7 Å². The van der Waals surface area contributed by atoms with Gasteiger partial charge in [0.2, 0.25) is 5.91 Å². The standard InChI is InChI=1S/C9H18ClNO/c1-3-5-6-7-11-9(12)8(10)4-2/h8H,3-7H2,1-2H3,(H,11,12). The predicted octanol–water partition coefficient (Wildman–Crippen LogP) is 2.31. The van der Waals surface area contributed by atoms with Crippen LogP contribution in [0.15, 0.2) is 0 Å². The van der Waals surface area contributed by atoms with Crippen LogP contribution in [-0.4, -0.2) is 17.8 Å². The first-order valence-electron chi connectivity index (χ1n) is 4.64. The van der Waals surface area contributed by atoms with Crippen LogP contribution in [0.1, 0.15) is 39.5 Å². The SMILES string of the molecule is CCCCCNC(=O)C(Cl)CC. The average Bonchev–Trinajstić information content (AvgIpc) is 2.10. The summed E-state index contributed by atoms with van der Waals surface area (Å²) >= 11 is 5.72. The van der Waals surface area contributed by atoms with Crippen molar-refractivity contribution >= 4 is 17.5 Å². The second kappa shape index (κ2) is 7.41. The van der Waals surface area contributed by atoms with Crippen molar-refractivity contribution < 1.29 is 4.79 Å². The summed E-state index contributed by atoms with van der Waals surface area (Å²) in [6.07, 6.45) is 4.09. The third kappa shape index (κ3) is 5.42. The van der Waals surface area contributed by atoms with Crippen LogP contribution in [-0.2, 0) is 4.79 Å². The van der Waals surface area contributed by atoms with Crippen molar-refractivity contribution in [1.29, 1.82) is 0 Å². The Bertz CT molecular complexity index is 128. The van der Waals surface area contributed by atoms with Gasteiger partial charge in [0.15, 0.2) is 0 Å². The summed E-state index contributed by atoms with van der Waals surface area (Å²) in [6.45, 7) is 4.80. The number of nitrogens with one attached hydrogen (secondary N) is 1. The Morgan fingerprint density at radius 3 is 2.58 bits per heavy atom. The summed E-state index contributed by atoms with van der Waals surface area (Å²) in [5.41, 5.74) is 0. The second-order valence-electron chi connectivity index (χ2n) is 2.87. The molecule has 0 saturated carbocycles. The van der Waals surface area contributed by atoms with Gasteiger partial charge in [0.1, 0.15) is 5.38 Å². The number of rotatable bonds is 6. The number of amides is 1. The van der Waals surface area contributed by atoms with Crippen molar-refractivity contribution in [3.8, 4) is 0 Å². The van der Waals surface area contributed by atoms with E-state index in [0.29, 0.717) is 6.42 Å². The summed E-state index contributed by atoms with van der Waals surface area (Å²) in [7, 11) is 0. The first kappa shape index (κ1) is 11.8. The van der Waals surface area contributed by atoms with Crippen molar-refractivity contribution in [1.82, 2.24) is 5.32 Å². The molecule has 0 rings (SSSR count). The molecule has 1 N–H and O–H groups in total. The van der Waals surface area contributed by atoms with Crippen molar-refractivity contribution in [3.05, 3.63) is 0 Å². The Hall–Kier alpha value is -0.240. The van der Waals surface area contributed by atoms with Crippen LogP contribution in [0.25, 0.3) is 0 Å². The maximum Gasteiger partial charge on any atom is 0.238 e. The molecule has 1 unspecified atom stereocenters. The number of halogens is 1. The van der Waals surface area contributed by atoms with Gasteiger partial charge in [0.05, 0.1) is 0 Å². The number of unbranched alkanes of at least 4 members (excludes halogenated alkanes) is 2. The van der Waals surface area contributed by atoms with Crippen LogP contribution >= 0.6 is 11.6 Å². The van der Waals surface area contributed by atoms with Gasteiger partial charge < -0.3 is 5.32 Å². The predicted molar refractivity (Wildman–Crippen MR) is 52.5 cm³/mol. The monoisotopic (exact) mass is 191 g/mol. The Labute approximate surface area is 79.7 Å². The third-order valence-corrected chi connectivity index (χ3v) is 2.23. The van der Waals surface area contributed by atoms with Gasteiger partial charge in [-0.15, -0.1) is 11.6 Å². The second-order valence-corrected chi connectivity index (χ2v) is 3.40. The third-order valence-electron chi connectivity index (χ3n) is 1.72. The van der Waals surface area contributed by atoms with Crippen LogP contribution in [0.4, 0.5) is 0 Å². The minimum absolute atomic E-state index is 0.0322. The lowest BCUT2D eigenvalue weighted by Crippen LogP contribution is -2.31. The molecule has 0 bridgehead atoms. The largest absolute Gasteiger partial charge is 0.355 e. The molecule has 0 fully saturated rings. The lowest BCUT2D eigenvalue weighted by Gasteiger charge is -2.07. The van der Waals surface area contributed by atoms with Gasteiger partial charge in [0, 0.05) is 6.54 Å². The molecule has 2 nitrogen and oxygen atoms in total. The molecule has 0 spiro atoms. The van der Waals surface area contributed by atoms with E-state index in [-0.39, 0.29) is 11.3 Å². The highest BCUT2D eigenvalue weighted by Gasteiger charge is 2.10. The van der Waals surface area contributed by atoms with E-state index in [2.05, 4.69) is 12.2 Å². The molecule has 0 aromatic heterocycles. The van der Waals surface area contributed by atoms with Gasteiger partial charge in [0.25, 0.3) is 0 Å². The zero-order valence-corrected chi connectivity index (χ0v) is 8.66. The Balaban J connectivity index is 3.31. The summed E-state index contributed by atoms with van der Waals surface area (Å²) < 4.78 is 0. The number of carbonyl (C=O) groups excluding carboxylic acids is 1. The van der Waals surface area contributed by atoms with Crippen LogP contribution in [0, 0.1) is 0 Å². The molecule has 0 aliphatic heterocycles. The highest BCUT2D eigenvalue weighted by molar-refractivity contribution is 6.30. The van der Waals surface area contributed by atoms with E-state index in [4.69, 9.17) is 11.6 Å².